The van der Waals surface area contributed by atoms with E-state index < -0.39 is 0 Å². The van der Waals surface area contributed by atoms with Crippen molar-refractivity contribution in [3.05, 3.63) is 71.4 Å². The van der Waals surface area contributed by atoms with Gasteiger partial charge in [0.05, 0.1) is 34.0 Å². The number of fused-ring (bicyclic) bond motifs is 1. The van der Waals surface area contributed by atoms with Crippen molar-refractivity contribution in [2.75, 3.05) is 11.9 Å². The number of aromatic amines is 1. The number of hydrogen-bond donors (Lipinski definition) is 3. The van der Waals surface area contributed by atoms with Crippen molar-refractivity contribution in [2.45, 2.75) is 32.7 Å². The molecule has 11 heteroatoms. The second-order valence-electron chi connectivity index (χ2n) is 9.24. The summed E-state index contributed by atoms with van der Waals surface area (Å²) in [6, 6.07) is 15.6. The number of pyridine rings is 1. The molecule has 1 aliphatic rings. The average molecular weight is 505 g/mol. The summed E-state index contributed by atoms with van der Waals surface area (Å²) >= 11 is 0. The van der Waals surface area contributed by atoms with E-state index in [1.165, 1.54) is 6.92 Å². The average Bonchev–Trinajstić information content (AvgIpc) is 3.68. The quantitative estimate of drug-likeness (QED) is 0.290. The van der Waals surface area contributed by atoms with E-state index in [2.05, 4.69) is 42.1 Å². The van der Waals surface area contributed by atoms with Crippen molar-refractivity contribution in [1.82, 2.24) is 40.2 Å². The van der Waals surface area contributed by atoms with Crippen LogP contribution in [0.3, 0.4) is 0 Å². The fourth-order valence-electron chi connectivity index (χ4n) is 4.81. The van der Waals surface area contributed by atoms with E-state index in [-0.39, 0.29) is 17.5 Å². The number of imidazole rings is 1. The number of carbonyl (C=O) groups is 1. The zero-order chi connectivity index (χ0) is 26.2. The molecule has 0 radical (unpaired) electrons. The lowest BCUT2D eigenvalue weighted by atomic mass is 10.0. The number of Topliss-reactive ketones (excluding diaryl/α,β-unsaturated/α-hetero) is 1. The Morgan fingerprint density at radius 3 is 2.82 bits per heavy atom. The van der Waals surface area contributed by atoms with E-state index in [9.17, 15) is 10.1 Å². The zero-order valence-electron chi connectivity index (χ0n) is 20.9. The molecule has 38 heavy (non-hydrogen) atoms. The lowest BCUT2D eigenvalue weighted by molar-refractivity contribution is 0.101. The highest BCUT2D eigenvalue weighted by Gasteiger charge is 2.21. The van der Waals surface area contributed by atoms with Crippen molar-refractivity contribution >= 4 is 28.3 Å². The molecule has 3 N–H and O–H groups in total. The maximum atomic E-state index is 12.4. The monoisotopic (exact) mass is 504 g/mol. The Bertz CT molecular complexity index is 1700. The van der Waals surface area contributed by atoms with Gasteiger partial charge in [0.25, 0.3) is 0 Å². The third kappa shape index (κ3) is 4.16. The van der Waals surface area contributed by atoms with Gasteiger partial charge in [-0.25, -0.2) is 9.97 Å². The summed E-state index contributed by atoms with van der Waals surface area (Å²) in [5.41, 5.74) is 5.58. The van der Waals surface area contributed by atoms with Gasteiger partial charge in [-0.15, -0.1) is 5.10 Å². The summed E-state index contributed by atoms with van der Waals surface area (Å²) < 4.78 is 1.84. The first kappa shape index (κ1) is 23.4. The van der Waals surface area contributed by atoms with Gasteiger partial charge in [-0.05, 0) is 75.7 Å². The summed E-state index contributed by atoms with van der Waals surface area (Å²) in [6.45, 7) is 4.29. The fraction of sp³-hybridized carbons (Fsp3) is 0.222. The number of anilines is 2. The minimum absolute atomic E-state index is 0.148. The van der Waals surface area contributed by atoms with Crippen LogP contribution in [0.1, 0.15) is 53.2 Å². The zero-order valence-corrected chi connectivity index (χ0v) is 20.9. The van der Waals surface area contributed by atoms with E-state index in [4.69, 9.17) is 4.98 Å². The van der Waals surface area contributed by atoms with Crippen LogP contribution in [0.25, 0.3) is 28.1 Å². The number of ketones is 1. The highest BCUT2D eigenvalue weighted by atomic mass is 16.1. The highest BCUT2D eigenvalue weighted by Crippen LogP contribution is 2.30. The Labute approximate surface area is 218 Å². The minimum atomic E-state index is -0.148. The first-order valence-electron chi connectivity index (χ1n) is 12.3. The lowest BCUT2D eigenvalue weighted by Gasteiger charge is -2.11. The number of carbonyl (C=O) groups excluding carboxylic acids is 1. The van der Waals surface area contributed by atoms with Crippen LogP contribution < -0.4 is 10.6 Å². The molecule has 6 rings (SSSR count). The molecule has 5 heterocycles. The summed E-state index contributed by atoms with van der Waals surface area (Å²) in [5.74, 6) is 1.07. The third-order valence-electron chi connectivity index (χ3n) is 6.72. The van der Waals surface area contributed by atoms with Gasteiger partial charge in [0, 0.05) is 16.9 Å². The molecule has 5 aromatic rings. The second-order valence-corrected chi connectivity index (χ2v) is 9.24. The van der Waals surface area contributed by atoms with E-state index >= 15 is 0 Å². The molecule has 1 saturated heterocycles. The number of nitrogens with zero attached hydrogens (tertiary/aromatic N) is 7. The van der Waals surface area contributed by atoms with E-state index in [0.29, 0.717) is 34.2 Å². The molecule has 1 aromatic carbocycles. The SMILES string of the molecule is CC(=O)c1ccc(-n2cnc3cc(Nc4ccc([C@H]5CCCN5)nn4)ccc32)nc1-c1c(C#N)n[nH]c1C. The van der Waals surface area contributed by atoms with Crippen LogP contribution in [0.5, 0.6) is 0 Å². The molecule has 0 saturated carbocycles. The molecule has 0 bridgehead atoms. The topological polar surface area (TPSA) is 150 Å². The van der Waals surface area contributed by atoms with Crippen LogP contribution in [-0.2, 0) is 0 Å². The van der Waals surface area contributed by atoms with Crippen LogP contribution in [0.2, 0.25) is 0 Å². The van der Waals surface area contributed by atoms with E-state index in [1.54, 1.807) is 25.4 Å². The minimum Gasteiger partial charge on any atom is -0.339 e. The molecule has 1 aliphatic heterocycles. The Morgan fingerprint density at radius 1 is 1.18 bits per heavy atom. The predicted molar refractivity (Wildman–Crippen MR) is 141 cm³/mol. The fourth-order valence-corrected chi connectivity index (χ4v) is 4.81. The van der Waals surface area contributed by atoms with Gasteiger partial charge in [-0.3, -0.25) is 14.5 Å². The van der Waals surface area contributed by atoms with Gasteiger partial charge in [-0.2, -0.15) is 15.5 Å². The number of nitrogens with one attached hydrogen (secondary N) is 3. The summed E-state index contributed by atoms with van der Waals surface area (Å²) in [4.78, 5) is 21.7. The smallest absolute Gasteiger partial charge is 0.171 e. The number of nitriles is 1. The third-order valence-corrected chi connectivity index (χ3v) is 6.72. The standard InChI is InChI=1S/C27H24N10O/c1-15-26(22(13-28)35-33-15)27-18(16(2)38)6-10-25(32-27)37-14-30-21-12-17(5-8-23(21)37)31-24-9-7-20(34-36-24)19-4-3-11-29-19/h5-10,12,14,19,29H,3-4,11H2,1-2H3,(H,31,36)(H,33,35)/t19-/m1/s1. The summed E-state index contributed by atoms with van der Waals surface area (Å²) in [7, 11) is 0. The maximum Gasteiger partial charge on any atom is 0.171 e. The van der Waals surface area contributed by atoms with Crippen molar-refractivity contribution < 1.29 is 4.79 Å². The Morgan fingerprint density at radius 2 is 2.08 bits per heavy atom. The molecule has 1 fully saturated rings. The Hall–Kier alpha value is -4.95. The van der Waals surface area contributed by atoms with Gasteiger partial charge in [-0.1, -0.05) is 0 Å². The van der Waals surface area contributed by atoms with E-state index in [0.717, 1.165) is 41.8 Å². The van der Waals surface area contributed by atoms with Gasteiger partial charge < -0.3 is 10.6 Å². The molecule has 11 nitrogen and oxygen atoms in total. The van der Waals surface area contributed by atoms with Gasteiger partial charge in [0.1, 0.15) is 18.2 Å². The molecule has 1 atom stereocenters. The number of benzene rings is 1. The van der Waals surface area contributed by atoms with Crippen molar-refractivity contribution in [3.8, 4) is 23.1 Å². The molecular weight excluding hydrogens is 480 g/mol. The molecule has 0 aliphatic carbocycles. The summed E-state index contributed by atoms with van der Waals surface area (Å²) in [5, 5.41) is 31.8. The number of H-pyrrole nitrogens is 1. The molecular formula is C27H24N10O. The first-order chi connectivity index (χ1) is 18.5. The number of aryl methyl sites for hydroxylation is 1. The second kappa shape index (κ2) is 9.49. The predicted octanol–water partition coefficient (Wildman–Crippen LogP) is 4.15. The Kier molecular flexibility index (Phi) is 5.86. The van der Waals surface area contributed by atoms with Crippen LogP contribution in [0.4, 0.5) is 11.5 Å². The molecule has 0 unspecified atom stereocenters. The van der Waals surface area contributed by atoms with Crippen molar-refractivity contribution in [2.24, 2.45) is 0 Å². The normalized spacial score (nSPS) is 15.0. The van der Waals surface area contributed by atoms with Crippen LogP contribution in [0.15, 0.2) is 48.8 Å². The maximum absolute atomic E-state index is 12.4. The lowest BCUT2D eigenvalue weighted by Crippen LogP contribution is -2.14. The largest absolute Gasteiger partial charge is 0.339 e. The molecule has 188 valence electrons. The van der Waals surface area contributed by atoms with E-state index in [1.807, 2.05) is 34.9 Å². The van der Waals surface area contributed by atoms with Crippen LogP contribution >= 0.6 is 0 Å². The number of hydrogen-bond acceptors (Lipinski definition) is 9. The first-order valence-corrected chi connectivity index (χ1v) is 12.3. The van der Waals surface area contributed by atoms with Crippen molar-refractivity contribution in [3.63, 3.8) is 0 Å². The summed E-state index contributed by atoms with van der Waals surface area (Å²) in [6.07, 6.45) is 3.92. The van der Waals surface area contributed by atoms with Crippen molar-refractivity contribution in [1.29, 1.82) is 5.26 Å². The molecule has 0 amide bonds. The van der Waals surface area contributed by atoms with Gasteiger partial charge in [0.2, 0.25) is 0 Å². The van der Waals surface area contributed by atoms with Gasteiger partial charge in [0.15, 0.2) is 17.3 Å². The van der Waals surface area contributed by atoms with Crippen LogP contribution in [-0.4, -0.2) is 47.3 Å². The highest BCUT2D eigenvalue weighted by molar-refractivity contribution is 6.00. The number of aromatic nitrogens is 7. The van der Waals surface area contributed by atoms with Crippen LogP contribution in [0, 0.1) is 18.3 Å². The number of rotatable bonds is 6. The van der Waals surface area contributed by atoms with Gasteiger partial charge >= 0.3 is 0 Å². The molecule has 0 spiro atoms. The molecule has 4 aromatic heterocycles. The Balaban J connectivity index is 1.32.